The summed E-state index contributed by atoms with van der Waals surface area (Å²) in [5.74, 6) is -2.82. The standard InChI is InChI=1S/C24H31BrN2O6/c1-5-14(11-28)27-20(21(29)26-18-12(3)8-7-9-13(18)4)24-10-15(25)19(33-24)16(17(24)22(27)30)23(31)32-6-2/h7-9,14-17,19-20,28H,5-6,10-11H2,1-4H3,(H,26,29)/t14-,15?,16+,17-,19+,20?,24?/m0/s1. The number of para-hydroxylation sites is 1. The SMILES string of the molecule is CCOC(=O)[C@H]1[C@@H]2OC3(CC2Br)C(C(=O)Nc2c(C)cccc2C)N([C@@H](CC)CO)C(=O)[C@H]13. The molecule has 33 heavy (non-hydrogen) atoms. The Morgan fingerprint density at radius 1 is 1.33 bits per heavy atom. The monoisotopic (exact) mass is 522 g/mol. The number of anilines is 1. The van der Waals surface area contributed by atoms with Crippen molar-refractivity contribution in [1.29, 1.82) is 0 Å². The lowest BCUT2D eigenvalue weighted by Gasteiger charge is -2.36. The maximum absolute atomic E-state index is 13.8. The molecule has 1 aromatic carbocycles. The van der Waals surface area contributed by atoms with E-state index in [1.165, 1.54) is 4.90 Å². The molecule has 2 amide bonds. The molecule has 1 spiro atoms. The Labute approximate surface area is 202 Å². The van der Waals surface area contributed by atoms with Crippen molar-refractivity contribution in [1.82, 2.24) is 4.90 Å². The lowest BCUT2D eigenvalue weighted by molar-refractivity contribution is -0.155. The third-order valence-corrected chi connectivity index (χ3v) is 8.18. The first-order valence-electron chi connectivity index (χ1n) is 11.5. The van der Waals surface area contributed by atoms with E-state index >= 15 is 0 Å². The average Bonchev–Trinajstić information content (AvgIpc) is 3.36. The van der Waals surface area contributed by atoms with E-state index in [0.717, 1.165) is 11.1 Å². The first-order valence-corrected chi connectivity index (χ1v) is 12.4. The molecule has 2 bridgehead atoms. The zero-order valence-electron chi connectivity index (χ0n) is 19.3. The Morgan fingerprint density at radius 2 is 2.00 bits per heavy atom. The second kappa shape index (κ2) is 9.00. The normalized spacial score (nSPS) is 33.2. The van der Waals surface area contributed by atoms with Crippen LogP contribution in [-0.2, 0) is 23.9 Å². The number of rotatable bonds is 7. The highest BCUT2D eigenvalue weighted by Gasteiger charge is 2.77. The number of aliphatic hydroxyl groups excluding tert-OH is 1. The molecule has 3 fully saturated rings. The van der Waals surface area contributed by atoms with Gasteiger partial charge in [-0.2, -0.15) is 0 Å². The van der Waals surface area contributed by atoms with Gasteiger partial charge in [0.25, 0.3) is 0 Å². The number of hydrogen-bond donors (Lipinski definition) is 2. The number of halogens is 1. The summed E-state index contributed by atoms with van der Waals surface area (Å²) >= 11 is 3.62. The summed E-state index contributed by atoms with van der Waals surface area (Å²) in [7, 11) is 0. The molecule has 9 heteroatoms. The van der Waals surface area contributed by atoms with Crippen molar-refractivity contribution < 1.29 is 29.0 Å². The van der Waals surface area contributed by atoms with Gasteiger partial charge in [-0.15, -0.1) is 0 Å². The van der Waals surface area contributed by atoms with Crippen molar-refractivity contribution in [2.24, 2.45) is 11.8 Å². The number of carbonyl (C=O) groups excluding carboxylic acids is 3. The van der Waals surface area contributed by atoms with Gasteiger partial charge < -0.3 is 24.8 Å². The molecule has 0 saturated carbocycles. The molecule has 0 radical (unpaired) electrons. The van der Waals surface area contributed by atoms with Crippen LogP contribution in [-0.4, -0.2) is 69.6 Å². The summed E-state index contributed by atoms with van der Waals surface area (Å²) in [6.45, 7) is 7.30. The van der Waals surface area contributed by atoms with Gasteiger partial charge in [0.2, 0.25) is 11.8 Å². The van der Waals surface area contributed by atoms with Gasteiger partial charge in [-0.3, -0.25) is 14.4 Å². The molecular formula is C24H31BrN2O6. The summed E-state index contributed by atoms with van der Waals surface area (Å²) in [5.41, 5.74) is 1.33. The van der Waals surface area contributed by atoms with E-state index in [9.17, 15) is 19.5 Å². The van der Waals surface area contributed by atoms with Crippen LogP contribution in [0.5, 0.6) is 0 Å². The number of aryl methyl sites for hydroxylation is 2. The van der Waals surface area contributed by atoms with Crippen LogP contribution in [0.4, 0.5) is 5.69 Å². The molecule has 2 N–H and O–H groups in total. The number of alkyl halides is 1. The molecule has 0 aromatic heterocycles. The Bertz CT molecular complexity index is 946. The summed E-state index contributed by atoms with van der Waals surface area (Å²) < 4.78 is 11.7. The number of aliphatic hydroxyl groups is 1. The number of nitrogens with one attached hydrogen (secondary N) is 1. The maximum Gasteiger partial charge on any atom is 0.312 e. The van der Waals surface area contributed by atoms with Crippen molar-refractivity contribution in [2.45, 2.75) is 69.2 Å². The van der Waals surface area contributed by atoms with Crippen molar-refractivity contribution in [2.75, 3.05) is 18.5 Å². The lowest BCUT2D eigenvalue weighted by atomic mass is 9.70. The zero-order valence-corrected chi connectivity index (χ0v) is 20.9. The number of carbonyl (C=O) groups is 3. The minimum absolute atomic E-state index is 0.192. The summed E-state index contributed by atoms with van der Waals surface area (Å²) in [6.07, 6.45) is 0.321. The third-order valence-electron chi connectivity index (χ3n) is 7.34. The van der Waals surface area contributed by atoms with Crippen molar-refractivity contribution in [3.63, 3.8) is 0 Å². The van der Waals surface area contributed by atoms with Crippen molar-refractivity contribution >= 4 is 39.4 Å². The van der Waals surface area contributed by atoms with E-state index in [0.29, 0.717) is 18.5 Å². The first-order chi connectivity index (χ1) is 15.7. The summed E-state index contributed by atoms with van der Waals surface area (Å²) in [4.78, 5) is 41.8. The molecule has 7 atom stereocenters. The third kappa shape index (κ3) is 3.59. The summed E-state index contributed by atoms with van der Waals surface area (Å²) in [5, 5.41) is 13.1. The first kappa shape index (κ1) is 24.2. The van der Waals surface area contributed by atoms with E-state index in [1.807, 2.05) is 39.0 Å². The Balaban J connectivity index is 1.79. The lowest BCUT2D eigenvalue weighted by Crippen LogP contribution is -2.56. The quantitative estimate of drug-likeness (QED) is 0.420. The molecule has 1 aromatic rings. The number of esters is 1. The van der Waals surface area contributed by atoms with Crippen LogP contribution in [0.3, 0.4) is 0 Å². The van der Waals surface area contributed by atoms with Gasteiger partial charge in [0.15, 0.2) is 0 Å². The number of nitrogens with zero attached hydrogens (tertiary/aromatic N) is 1. The number of likely N-dealkylation sites (tertiary alicyclic amines) is 1. The fourth-order valence-corrected chi connectivity index (χ4v) is 6.83. The van der Waals surface area contributed by atoms with Gasteiger partial charge in [-0.05, 0) is 44.7 Å². The van der Waals surface area contributed by atoms with Gasteiger partial charge in [-0.25, -0.2) is 0 Å². The van der Waals surface area contributed by atoms with Gasteiger partial charge in [-0.1, -0.05) is 41.1 Å². The Hall–Kier alpha value is -1.97. The van der Waals surface area contributed by atoms with Gasteiger partial charge >= 0.3 is 5.97 Å². The van der Waals surface area contributed by atoms with Crippen LogP contribution in [0.1, 0.15) is 37.8 Å². The number of amides is 2. The highest BCUT2D eigenvalue weighted by Crippen LogP contribution is 2.60. The molecule has 4 rings (SSSR count). The predicted octanol–water partition coefficient (Wildman–Crippen LogP) is 2.32. The second-order valence-corrected chi connectivity index (χ2v) is 10.3. The molecule has 180 valence electrons. The number of benzene rings is 1. The van der Waals surface area contributed by atoms with Crippen LogP contribution >= 0.6 is 15.9 Å². The molecule has 8 nitrogen and oxygen atoms in total. The van der Waals surface area contributed by atoms with Crippen LogP contribution < -0.4 is 5.32 Å². The molecule has 3 aliphatic heterocycles. The highest BCUT2D eigenvalue weighted by molar-refractivity contribution is 9.09. The van der Waals surface area contributed by atoms with Crippen LogP contribution in [0, 0.1) is 25.7 Å². The van der Waals surface area contributed by atoms with E-state index in [2.05, 4.69) is 21.2 Å². The van der Waals surface area contributed by atoms with Crippen LogP contribution in [0.2, 0.25) is 0 Å². The number of hydrogen-bond acceptors (Lipinski definition) is 6. The number of ether oxygens (including phenoxy) is 2. The van der Waals surface area contributed by atoms with Crippen LogP contribution in [0.25, 0.3) is 0 Å². The molecule has 3 heterocycles. The predicted molar refractivity (Wildman–Crippen MR) is 125 cm³/mol. The van der Waals surface area contributed by atoms with Crippen LogP contribution in [0.15, 0.2) is 18.2 Å². The van der Waals surface area contributed by atoms with Gasteiger partial charge in [0.1, 0.15) is 11.6 Å². The molecule has 3 saturated heterocycles. The van der Waals surface area contributed by atoms with Crippen molar-refractivity contribution in [3.8, 4) is 0 Å². The fraction of sp³-hybridized carbons (Fsp3) is 0.625. The smallest absolute Gasteiger partial charge is 0.312 e. The molecule has 3 aliphatic rings. The van der Waals surface area contributed by atoms with Gasteiger partial charge in [0, 0.05) is 10.5 Å². The minimum atomic E-state index is -1.17. The Kier molecular flexibility index (Phi) is 6.59. The highest BCUT2D eigenvalue weighted by atomic mass is 79.9. The Morgan fingerprint density at radius 3 is 2.58 bits per heavy atom. The summed E-state index contributed by atoms with van der Waals surface area (Å²) in [6, 6.07) is 4.20. The fourth-order valence-electron chi connectivity index (χ4n) is 5.89. The maximum atomic E-state index is 13.8. The minimum Gasteiger partial charge on any atom is -0.466 e. The van der Waals surface area contributed by atoms with E-state index in [4.69, 9.17) is 9.47 Å². The van der Waals surface area contributed by atoms with E-state index in [1.54, 1.807) is 6.92 Å². The average molecular weight is 523 g/mol. The molecule has 0 aliphatic carbocycles. The van der Waals surface area contributed by atoms with E-state index in [-0.39, 0.29) is 29.9 Å². The largest absolute Gasteiger partial charge is 0.466 e. The molecular weight excluding hydrogens is 492 g/mol. The van der Waals surface area contributed by atoms with Gasteiger partial charge in [0.05, 0.1) is 37.2 Å². The second-order valence-electron chi connectivity index (χ2n) is 9.16. The van der Waals surface area contributed by atoms with Crippen molar-refractivity contribution in [3.05, 3.63) is 29.3 Å². The molecule has 3 unspecified atom stereocenters. The van der Waals surface area contributed by atoms with E-state index < -0.39 is 41.6 Å². The topological polar surface area (TPSA) is 105 Å². The number of fused-ring (bicyclic) bond motifs is 1. The zero-order chi connectivity index (χ0) is 24.1.